The lowest BCUT2D eigenvalue weighted by molar-refractivity contribution is 0.0741. The number of para-hydroxylation sites is 3. The van der Waals surface area contributed by atoms with E-state index in [2.05, 4.69) is 0 Å². The third-order valence-electron chi connectivity index (χ3n) is 5.23. The molecule has 1 amide bonds. The summed E-state index contributed by atoms with van der Waals surface area (Å²) in [7, 11) is 0. The van der Waals surface area contributed by atoms with Crippen molar-refractivity contribution in [3.05, 3.63) is 90.2 Å². The van der Waals surface area contributed by atoms with Crippen molar-refractivity contribution < 1.29 is 18.7 Å². The minimum Gasteiger partial charge on any atom is -0.490 e. The van der Waals surface area contributed by atoms with Crippen molar-refractivity contribution in [2.24, 2.45) is 0 Å². The molecule has 0 N–H and O–H groups in total. The SMILES string of the molecule is O=C(c1ccccc1OCCOc1ccccc1)N1CCN(c2ccccc2F)CC1. The van der Waals surface area contributed by atoms with Gasteiger partial charge in [-0.05, 0) is 36.4 Å². The highest BCUT2D eigenvalue weighted by Gasteiger charge is 2.25. The molecule has 3 aromatic rings. The summed E-state index contributed by atoms with van der Waals surface area (Å²) in [6.07, 6.45) is 0. The second-order valence-electron chi connectivity index (χ2n) is 7.24. The first-order valence-corrected chi connectivity index (χ1v) is 10.4. The number of halogens is 1. The Morgan fingerprint density at radius 1 is 0.774 bits per heavy atom. The Balaban J connectivity index is 1.33. The van der Waals surface area contributed by atoms with Gasteiger partial charge in [0.2, 0.25) is 0 Å². The highest BCUT2D eigenvalue weighted by molar-refractivity contribution is 5.97. The summed E-state index contributed by atoms with van der Waals surface area (Å²) in [5.41, 5.74) is 1.11. The van der Waals surface area contributed by atoms with Crippen LogP contribution in [0.25, 0.3) is 0 Å². The zero-order chi connectivity index (χ0) is 21.5. The standard InChI is InChI=1S/C25H25FN2O3/c26-22-11-5-6-12-23(22)27-14-16-28(17-15-27)25(29)21-10-4-7-13-24(21)31-19-18-30-20-8-2-1-3-9-20/h1-13H,14-19H2. The van der Waals surface area contributed by atoms with E-state index in [1.165, 1.54) is 6.07 Å². The van der Waals surface area contributed by atoms with Crippen molar-refractivity contribution in [3.63, 3.8) is 0 Å². The Hall–Kier alpha value is -3.54. The van der Waals surface area contributed by atoms with E-state index in [0.29, 0.717) is 56.4 Å². The molecule has 1 saturated heterocycles. The Labute approximate surface area is 181 Å². The molecule has 6 heteroatoms. The summed E-state index contributed by atoms with van der Waals surface area (Å²) in [5, 5.41) is 0. The van der Waals surface area contributed by atoms with Gasteiger partial charge in [0.1, 0.15) is 30.5 Å². The summed E-state index contributed by atoms with van der Waals surface area (Å²) >= 11 is 0. The van der Waals surface area contributed by atoms with Crippen molar-refractivity contribution >= 4 is 11.6 Å². The monoisotopic (exact) mass is 420 g/mol. The molecule has 160 valence electrons. The first kappa shape index (κ1) is 20.7. The molecule has 1 heterocycles. The first-order valence-electron chi connectivity index (χ1n) is 10.4. The number of amides is 1. The minimum atomic E-state index is -0.237. The zero-order valence-electron chi connectivity index (χ0n) is 17.2. The Morgan fingerprint density at radius 3 is 2.19 bits per heavy atom. The van der Waals surface area contributed by atoms with Gasteiger partial charge in [0.05, 0.1) is 11.3 Å². The Bertz CT molecular complexity index is 1000. The number of anilines is 1. The van der Waals surface area contributed by atoms with Crippen LogP contribution in [0.5, 0.6) is 11.5 Å². The molecule has 0 bridgehead atoms. The van der Waals surface area contributed by atoms with E-state index >= 15 is 0 Å². The van der Waals surface area contributed by atoms with Gasteiger partial charge in [-0.15, -0.1) is 0 Å². The summed E-state index contributed by atoms with van der Waals surface area (Å²) in [5.74, 6) is 1.01. The van der Waals surface area contributed by atoms with Gasteiger partial charge in [-0.1, -0.05) is 42.5 Å². The number of nitrogens with zero attached hydrogens (tertiary/aromatic N) is 2. The van der Waals surface area contributed by atoms with Crippen molar-refractivity contribution in [2.45, 2.75) is 0 Å². The minimum absolute atomic E-state index is 0.0761. The van der Waals surface area contributed by atoms with Crippen LogP contribution in [0.15, 0.2) is 78.9 Å². The lowest BCUT2D eigenvalue weighted by Crippen LogP contribution is -2.49. The average Bonchev–Trinajstić information content (AvgIpc) is 2.83. The molecule has 4 rings (SSSR count). The summed E-state index contributed by atoms with van der Waals surface area (Å²) < 4.78 is 25.6. The molecule has 1 aliphatic rings. The first-order chi connectivity index (χ1) is 15.2. The van der Waals surface area contributed by atoms with Gasteiger partial charge in [0.25, 0.3) is 5.91 Å². The number of rotatable bonds is 7. The van der Waals surface area contributed by atoms with E-state index in [-0.39, 0.29) is 11.7 Å². The van der Waals surface area contributed by atoms with Gasteiger partial charge in [-0.2, -0.15) is 0 Å². The molecule has 3 aromatic carbocycles. The van der Waals surface area contributed by atoms with Crippen LogP contribution < -0.4 is 14.4 Å². The van der Waals surface area contributed by atoms with Crippen LogP contribution in [0.4, 0.5) is 10.1 Å². The highest BCUT2D eigenvalue weighted by Crippen LogP contribution is 2.23. The maximum atomic E-state index is 14.1. The fourth-order valence-corrected chi connectivity index (χ4v) is 3.63. The number of hydrogen-bond donors (Lipinski definition) is 0. The predicted octanol–water partition coefficient (Wildman–Crippen LogP) is 4.25. The zero-order valence-corrected chi connectivity index (χ0v) is 17.2. The van der Waals surface area contributed by atoms with E-state index in [1.54, 1.807) is 29.2 Å². The van der Waals surface area contributed by atoms with Crippen molar-refractivity contribution in [2.75, 3.05) is 44.3 Å². The third kappa shape index (κ3) is 5.15. The number of hydrogen-bond acceptors (Lipinski definition) is 4. The molecular formula is C25H25FN2O3. The fourth-order valence-electron chi connectivity index (χ4n) is 3.63. The molecule has 1 aliphatic heterocycles. The lowest BCUT2D eigenvalue weighted by Gasteiger charge is -2.36. The second-order valence-corrected chi connectivity index (χ2v) is 7.24. The van der Waals surface area contributed by atoms with E-state index in [0.717, 1.165) is 5.75 Å². The Morgan fingerprint density at radius 2 is 1.42 bits per heavy atom. The Kier molecular flexibility index (Phi) is 6.67. The number of benzene rings is 3. The third-order valence-corrected chi connectivity index (χ3v) is 5.23. The molecule has 0 spiro atoms. The number of piperazine rings is 1. The average molecular weight is 420 g/mol. The molecule has 31 heavy (non-hydrogen) atoms. The quantitative estimate of drug-likeness (QED) is 0.536. The molecule has 0 radical (unpaired) electrons. The second kappa shape index (κ2) is 9.98. The van der Waals surface area contributed by atoms with E-state index in [1.807, 2.05) is 53.4 Å². The van der Waals surface area contributed by atoms with E-state index < -0.39 is 0 Å². The van der Waals surface area contributed by atoms with Crippen LogP contribution in [0, 0.1) is 5.82 Å². The smallest absolute Gasteiger partial charge is 0.257 e. The molecular weight excluding hydrogens is 395 g/mol. The van der Waals surface area contributed by atoms with Crippen molar-refractivity contribution in [3.8, 4) is 11.5 Å². The summed E-state index contributed by atoms with van der Waals surface area (Å²) in [6, 6.07) is 23.5. The van der Waals surface area contributed by atoms with Crippen molar-refractivity contribution in [1.82, 2.24) is 4.90 Å². The maximum Gasteiger partial charge on any atom is 0.257 e. The van der Waals surface area contributed by atoms with Gasteiger partial charge >= 0.3 is 0 Å². The highest BCUT2D eigenvalue weighted by atomic mass is 19.1. The van der Waals surface area contributed by atoms with Crippen LogP contribution in [-0.2, 0) is 0 Å². The van der Waals surface area contributed by atoms with E-state index in [4.69, 9.17) is 9.47 Å². The molecule has 1 fully saturated rings. The number of carbonyl (C=O) groups is 1. The summed E-state index contributed by atoms with van der Waals surface area (Å²) in [6.45, 7) is 2.94. The van der Waals surface area contributed by atoms with Gasteiger partial charge < -0.3 is 19.3 Å². The number of ether oxygens (including phenoxy) is 2. The van der Waals surface area contributed by atoms with Crippen LogP contribution in [0.1, 0.15) is 10.4 Å². The van der Waals surface area contributed by atoms with E-state index in [9.17, 15) is 9.18 Å². The van der Waals surface area contributed by atoms with Gasteiger partial charge in [-0.3, -0.25) is 4.79 Å². The van der Waals surface area contributed by atoms with Gasteiger partial charge in [-0.25, -0.2) is 4.39 Å². The van der Waals surface area contributed by atoms with Gasteiger partial charge in [0.15, 0.2) is 0 Å². The van der Waals surface area contributed by atoms with Crippen LogP contribution in [0.3, 0.4) is 0 Å². The molecule has 0 aromatic heterocycles. The molecule has 0 atom stereocenters. The molecule has 0 saturated carbocycles. The van der Waals surface area contributed by atoms with Crippen LogP contribution in [0.2, 0.25) is 0 Å². The maximum absolute atomic E-state index is 14.1. The largest absolute Gasteiger partial charge is 0.490 e. The van der Waals surface area contributed by atoms with Crippen LogP contribution >= 0.6 is 0 Å². The summed E-state index contributed by atoms with van der Waals surface area (Å²) in [4.78, 5) is 16.9. The fraction of sp³-hybridized carbons (Fsp3) is 0.240. The molecule has 0 unspecified atom stereocenters. The number of carbonyl (C=O) groups excluding carboxylic acids is 1. The van der Waals surface area contributed by atoms with Gasteiger partial charge in [0, 0.05) is 26.2 Å². The molecule has 5 nitrogen and oxygen atoms in total. The predicted molar refractivity (Wildman–Crippen MR) is 118 cm³/mol. The van der Waals surface area contributed by atoms with Crippen LogP contribution in [-0.4, -0.2) is 50.2 Å². The lowest BCUT2D eigenvalue weighted by atomic mass is 10.1. The molecule has 0 aliphatic carbocycles. The normalized spacial score (nSPS) is 13.7. The topological polar surface area (TPSA) is 42.0 Å². The van der Waals surface area contributed by atoms with Crippen molar-refractivity contribution in [1.29, 1.82) is 0 Å².